The average Bonchev–Trinajstić information content (AvgIpc) is 2.68. The van der Waals surface area contributed by atoms with Gasteiger partial charge in [-0.2, -0.15) is 5.26 Å². The molecule has 1 aromatic carbocycles. The van der Waals surface area contributed by atoms with Crippen molar-refractivity contribution in [1.82, 2.24) is 4.98 Å². The van der Waals surface area contributed by atoms with Crippen molar-refractivity contribution in [3.05, 3.63) is 53.7 Å². The highest BCUT2D eigenvalue weighted by Gasteiger charge is 2.23. The quantitative estimate of drug-likeness (QED) is 0.769. The van der Waals surface area contributed by atoms with Crippen LogP contribution < -0.4 is 10.6 Å². The van der Waals surface area contributed by atoms with E-state index in [1.54, 1.807) is 42.6 Å². The molecule has 0 bridgehead atoms. The lowest BCUT2D eigenvalue weighted by Crippen LogP contribution is -2.31. The molecule has 6 heteroatoms. The van der Waals surface area contributed by atoms with Crippen LogP contribution in [0.5, 0.6) is 0 Å². The highest BCUT2D eigenvalue weighted by atomic mass is 16.3. The van der Waals surface area contributed by atoms with Gasteiger partial charge in [-0.1, -0.05) is 12.8 Å². The van der Waals surface area contributed by atoms with Crippen LogP contribution in [0, 0.1) is 17.2 Å². The van der Waals surface area contributed by atoms with Gasteiger partial charge < -0.3 is 15.7 Å². The molecule has 2 aromatic rings. The zero-order valence-corrected chi connectivity index (χ0v) is 14.5. The number of aromatic nitrogens is 1. The Morgan fingerprint density at radius 3 is 2.73 bits per heavy atom. The number of aliphatic hydroxyl groups is 1. The Labute approximate surface area is 152 Å². The second-order valence-electron chi connectivity index (χ2n) is 6.54. The molecule has 1 aliphatic rings. The van der Waals surface area contributed by atoms with Crippen molar-refractivity contribution < 1.29 is 9.90 Å². The van der Waals surface area contributed by atoms with E-state index in [1.807, 2.05) is 6.07 Å². The first-order valence-electron chi connectivity index (χ1n) is 8.86. The summed E-state index contributed by atoms with van der Waals surface area (Å²) < 4.78 is 0. The lowest BCUT2D eigenvalue weighted by molar-refractivity contribution is 0.0763. The van der Waals surface area contributed by atoms with E-state index in [9.17, 15) is 9.90 Å². The Hall–Kier alpha value is -2.91. The summed E-state index contributed by atoms with van der Waals surface area (Å²) in [4.78, 5) is 16.9. The van der Waals surface area contributed by atoms with Gasteiger partial charge in [-0.25, -0.2) is 4.98 Å². The molecule has 0 spiro atoms. The molecule has 3 rings (SSSR count). The summed E-state index contributed by atoms with van der Waals surface area (Å²) in [5.74, 6) is 0.422. The number of nitrogens with one attached hydrogen (secondary N) is 2. The van der Waals surface area contributed by atoms with Crippen LogP contribution in [0.2, 0.25) is 0 Å². The van der Waals surface area contributed by atoms with Crippen molar-refractivity contribution >= 4 is 17.4 Å². The van der Waals surface area contributed by atoms with Crippen LogP contribution >= 0.6 is 0 Å². The number of pyridine rings is 1. The van der Waals surface area contributed by atoms with Gasteiger partial charge in [0.25, 0.3) is 5.91 Å². The fourth-order valence-electron chi connectivity index (χ4n) is 3.21. The van der Waals surface area contributed by atoms with Gasteiger partial charge in [0, 0.05) is 24.3 Å². The van der Waals surface area contributed by atoms with Crippen LogP contribution in [0.1, 0.15) is 41.6 Å². The minimum atomic E-state index is -0.295. The van der Waals surface area contributed by atoms with Crippen molar-refractivity contribution in [3.8, 4) is 6.07 Å². The van der Waals surface area contributed by atoms with E-state index in [4.69, 9.17) is 5.26 Å². The first-order chi connectivity index (χ1) is 12.7. The molecule has 3 N–H and O–H groups in total. The number of anilines is 2. The first kappa shape index (κ1) is 17.9. The van der Waals surface area contributed by atoms with Crippen molar-refractivity contribution in [1.29, 1.82) is 5.26 Å². The molecule has 6 nitrogen and oxygen atoms in total. The zero-order valence-electron chi connectivity index (χ0n) is 14.5. The van der Waals surface area contributed by atoms with Gasteiger partial charge in [0.2, 0.25) is 0 Å². The van der Waals surface area contributed by atoms with Crippen LogP contribution in [0.4, 0.5) is 11.5 Å². The number of rotatable bonds is 5. The van der Waals surface area contributed by atoms with Gasteiger partial charge in [0.05, 0.1) is 23.3 Å². The number of aliphatic hydroxyl groups excluding tert-OH is 1. The number of hydrogen-bond acceptors (Lipinski definition) is 5. The highest BCUT2D eigenvalue weighted by Crippen LogP contribution is 2.25. The molecule has 134 valence electrons. The fraction of sp³-hybridized carbons (Fsp3) is 0.350. The Bertz CT molecular complexity index is 798. The summed E-state index contributed by atoms with van der Waals surface area (Å²) in [5.41, 5.74) is 1.60. The zero-order chi connectivity index (χ0) is 18.4. The van der Waals surface area contributed by atoms with E-state index >= 15 is 0 Å². The van der Waals surface area contributed by atoms with E-state index in [0.717, 1.165) is 25.7 Å². The maximum atomic E-state index is 12.6. The largest absolute Gasteiger partial charge is 0.393 e. The minimum absolute atomic E-state index is 0.181. The van der Waals surface area contributed by atoms with Crippen LogP contribution in [-0.4, -0.2) is 28.6 Å². The van der Waals surface area contributed by atoms with Crippen LogP contribution in [0.25, 0.3) is 0 Å². The van der Waals surface area contributed by atoms with E-state index < -0.39 is 0 Å². The normalized spacial score (nSPS) is 19.4. The summed E-state index contributed by atoms with van der Waals surface area (Å²) in [5, 5.41) is 25.0. The Kier molecular flexibility index (Phi) is 5.82. The number of hydrogen-bond donors (Lipinski definition) is 3. The summed E-state index contributed by atoms with van der Waals surface area (Å²) in [7, 11) is 0. The molecule has 1 saturated carbocycles. The maximum absolute atomic E-state index is 12.6. The number of nitriles is 1. The fourth-order valence-corrected chi connectivity index (χ4v) is 3.21. The summed E-state index contributed by atoms with van der Waals surface area (Å²) >= 11 is 0. The van der Waals surface area contributed by atoms with Crippen molar-refractivity contribution in [2.24, 2.45) is 5.92 Å². The number of carbonyl (C=O) groups is 1. The highest BCUT2D eigenvalue weighted by molar-refractivity contribution is 6.07. The molecule has 1 aliphatic carbocycles. The predicted molar refractivity (Wildman–Crippen MR) is 99.8 cm³/mol. The van der Waals surface area contributed by atoms with Crippen LogP contribution in [-0.2, 0) is 0 Å². The van der Waals surface area contributed by atoms with Gasteiger partial charge in [-0.3, -0.25) is 4.79 Å². The topological polar surface area (TPSA) is 98.0 Å². The molecule has 2 atom stereocenters. The molecular formula is C20H22N4O2. The predicted octanol–water partition coefficient (Wildman–Crippen LogP) is 3.17. The van der Waals surface area contributed by atoms with E-state index in [1.165, 1.54) is 0 Å². The van der Waals surface area contributed by atoms with Crippen molar-refractivity contribution in [2.45, 2.75) is 31.8 Å². The van der Waals surface area contributed by atoms with Crippen molar-refractivity contribution in [3.63, 3.8) is 0 Å². The summed E-state index contributed by atoms with van der Waals surface area (Å²) in [6, 6.07) is 12.2. The molecule has 1 amide bonds. The van der Waals surface area contributed by atoms with Crippen LogP contribution in [0.15, 0.2) is 42.6 Å². The van der Waals surface area contributed by atoms with Gasteiger partial charge >= 0.3 is 0 Å². The second kappa shape index (κ2) is 8.45. The molecule has 1 unspecified atom stereocenters. The van der Waals surface area contributed by atoms with Gasteiger partial charge in [0.15, 0.2) is 0 Å². The molecule has 26 heavy (non-hydrogen) atoms. The number of carbonyl (C=O) groups excluding carboxylic acids is 1. The monoisotopic (exact) mass is 350 g/mol. The smallest absolute Gasteiger partial charge is 0.259 e. The Balaban J connectivity index is 1.67. The maximum Gasteiger partial charge on any atom is 0.259 e. The van der Waals surface area contributed by atoms with Gasteiger partial charge in [0.1, 0.15) is 5.82 Å². The van der Waals surface area contributed by atoms with E-state index in [-0.39, 0.29) is 17.9 Å². The molecular weight excluding hydrogens is 328 g/mol. The first-order valence-corrected chi connectivity index (χ1v) is 8.86. The van der Waals surface area contributed by atoms with Gasteiger partial charge in [-0.05, 0) is 49.2 Å². The van der Waals surface area contributed by atoms with E-state index in [2.05, 4.69) is 15.6 Å². The molecule has 0 radical (unpaired) electrons. The minimum Gasteiger partial charge on any atom is -0.393 e. The molecule has 0 saturated heterocycles. The third-order valence-electron chi connectivity index (χ3n) is 4.72. The molecule has 0 aliphatic heterocycles. The van der Waals surface area contributed by atoms with Crippen LogP contribution in [0.3, 0.4) is 0 Å². The molecule has 1 aromatic heterocycles. The third kappa shape index (κ3) is 4.38. The molecule has 1 heterocycles. The Morgan fingerprint density at radius 1 is 1.23 bits per heavy atom. The number of amides is 1. The standard InChI is InChI=1S/C20H22N4O2/c21-12-14-7-9-16(10-8-14)24-20(26)17-5-3-11-22-19(17)23-13-15-4-1-2-6-18(15)25/h3,5,7-11,15,18,25H,1-2,4,6,13H2,(H,22,23)(H,24,26)/t15?,18-/m0/s1. The number of benzene rings is 1. The third-order valence-corrected chi connectivity index (χ3v) is 4.72. The lowest BCUT2D eigenvalue weighted by atomic mass is 9.86. The lowest BCUT2D eigenvalue weighted by Gasteiger charge is -2.28. The summed E-state index contributed by atoms with van der Waals surface area (Å²) in [6.07, 6.45) is 5.35. The average molecular weight is 350 g/mol. The van der Waals surface area contributed by atoms with Crippen molar-refractivity contribution in [2.75, 3.05) is 17.2 Å². The Morgan fingerprint density at radius 2 is 2.00 bits per heavy atom. The number of nitrogens with zero attached hydrogens (tertiary/aromatic N) is 2. The van der Waals surface area contributed by atoms with E-state index in [0.29, 0.717) is 29.2 Å². The summed E-state index contributed by atoms with van der Waals surface area (Å²) in [6.45, 7) is 0.593. The molecule has 1 fully saturated rings. The SMILES string of the molecule is N#Cc1ccc(NC(=O)c2cccnc2NCC2CCCC[C@@H]2O)cc1. The second-order valence-corrected chi connectivity index (χ2v) is 6.54. The van der Waals surface area contributed by atoms with Gasteiger partial charge in [-0.15, -0.1) is 0 Å².